The number of hydrogen-bond donors (Lipinski definition) is 2. The molecule has 3 aliphatic rings. The number of urea groups is 1. The van der Waals surface area contributed by atoms with Crippen LogP contribution in [0, 0.1) is 17.8 Å². The van der Waals surface area contributed by atoms with Gasteiger partial charge in [0.15, 0.2) is 0 Å². The molecule has 0 radical (unpaired) electrons. The largest absolute Gasteiger partial charge is 0.371 e. The van der Waals surface area contributed by atoms with E-state index in [1.54, 1.807) is 0 Å². The van der Waals surface area contributed by atoms with Gasteiger partial charge in [-0.1, -0.05) is 103 Å². The van der Waals surface area contributed by atoms with Gasteiger partial charge in [0, 0.05) is 24.0 Å². The molecule has 1 fully saturated rings. The zero-order chi connectivity index (χ0) is 27.4. The number of nitrogens with zero attached hydrogens (tertiary/aromatic N) is 1. The number of benzene rings is 2. The first kappa shape index (κ1) is 27.6. The minimum atomic E-state index is -1.83. The molecule has 39 heavy (non-hydrogen) atoms. The Labute approximate surface area is 233 Å². The summed E-state index contributed by atoms with van der Waals surface area (Å²) in [7, 11) is -1.83. The van der Waals surface area contributed by atoms with E-state index in [1.165, 1.54) is 10.8 Å². The molecule has 7 atom stereocenters. The number of nitrogens with two attached hydrogens (primary N) is 1. The maximum Gasteiger partial charge on any atom is 0.332 e. The summed E-state index contributed by atoms with van der Waals surface area (Å²) in [5, 5.41) is 5.66. The molecule has 2 heterocycles. The summed E-state index contributed by atoms with van der Waals surface area (Å²) in [5.41, 5.74) is 10.7. The van der Waals surface area contributed by atoms with Gasteiger partial charge in [-0.15, -0.1) is 0 Å². The summed E-state index contributed by atoms with van der Waals surface area (Å²) in [6.45, 7) is 7.77. The molecule has 7 heteroatoms. The molecule has 2 bridgehead atoms. The van der Waals surface area contributed by atoms with Crippen LogP contribution in [0.5, 0.6) is 0 Å². The highest BCUT2D eigenvalue weighted by molar-refractivity contribution is 6.91. The molecular weight excluding hydrogens is 502 g/mol. The van der Waals surface area contributed by atoms with E-state index >= 15 is 0 Å². The lowest BCUT2D eigenvalue weighted by atomic mass is 9.68. The number of hydrazone groups is 1. The van der Waals surface area contributed by atoms with Crippen LogP contribution in [0.3, 0.4) is 0 Å². The van der Waals surface area contributed by atoms with E-state index in [0.717, 1.165) is 24.8 Å². The number of allylic oxidation sites excluding steroid dienone is 2. The fourth-order valence-corrected chi connectivity index (χ4v) is 9.76. The van der Waals surface area contributed by atoms with Crippen LogP contribution in [0.15, 0.2) is 89.6 Å². The first-order valence-corrected chi connectivity index (χ1v) is 17.2. The number of carbonyl (C=O) groups excluding carboxylic acids is 1. The standard InChI is InChI=1S/C32H41N3O3Si/c1-22-17-18-24(20-34-35-32(33)36)30-29(22)28-19-26(39(2,3)25-13-8-5-9-14-25)15-10-16-27(31(30)38-28)37-21-23-11-6-4-7-12-23/h4-15,17,20,24,26-31H,16,18-19,21H2,1-3H3,(H3,33,35,36)/b15-10-,34-20+/t24-,26-,27+,28+,29-,30-,31-/m1/s1. The van der Waals surface area contributed by atoms with Crippen LogP contribution in [-0.2, 0) is 16.1 Å². The van der Waals surface area contributed by atoms with Crippen molar-refractivity contribution in [3.63, 3.8) is 0 Å². The van der Waals surface area contributed by atoms with Crippen molar-refractivity contribution in [2.45, 2.75) is 69.7 Å². The average Bonchev–Trinajstić information content (AvgIpc) is 3.35. The zero-order valence-electron chi connectivity index (χ0n) is 23.2. The first-order valence-electron chi connectivity index (χ1n) is 14.1. The molecule has 2 aromatic rings. The Hall–Kier alpha value is -3.00. The monoisotopic (exact) mass is 543 g/mol. The molecular formula is C32H41N3O3Si. The summed E-state index contributed by atoms with van der Waals surface area (Å²) in [5.74, 6) is 0.628. The maximum absolute atomic E-state index is 11.3. The van der Waals surface area contributed by atoms with E-state index in [0.29, 0.717) is 12.1 Å². The van der Waals surface area contributed by atoms with Gasteiger partial charge < -0.3 is 15.2 Å². The number of fused-ring (bicyclic) bond motifs is 5. The van der Waals surface area contributed by atoms with E-state index in [-0.39, 0.29) is 36.1 Å². The number of primary amides is 1. The number of amides is 2. The molecule has 206 valence electrons. The molecule has 1 saturated heterocycles. The number of ether oxygens (including phenoxy) is 2. The molecule has 6 nitrogen and oxygen atoms in total. The van der Waals surface area contributed by atoms with Gasteiger partial charge in [-0.3, -0.25) is 0 Å². The van der Waals surface area contributed by atoms with Gasteiger partial charge >= 0.3 is 6.03 Å². The molecule has 0 unspecified atom stereocenters. The predicted octanol–water partition coefficient (Wildman–Crippen LogP) is 5.53. The molecule has 2 aliphatic heterocycles. The summed E-state index contributed by atoms with van der Waals surface area (Å²) >= 11 is 0. The Morgan fingerprint density at radius 1 is 1.13 bits per heavy atom. The van der Waals surface area contributed by atoms with E-state index in [2.05, 4.69) is 91.2 Å². The summed E-state index contributed by atoms with van der Waals surface area (Å²) in [6, 6.07) is 20.7. The van der Waals surface area contributed by atoms with Crippen LogP contribution in [0.2, 0.25) is 18.6 Å². The molecule has 1 aliphatic carbocycles. The molecule has 5 rings (SSSR count). The van der Waals surface area contributed by atoms with Gasteiger partial charge in [-0.05, 0) is 37.3 Å². The van der Waals surface area contributed by atoms with Gasteiger partial charge in [0.25, 0.3) is 0 Å². The van der Waals surface area contributed by atoms with Gasteiger partial charge in [0.05, 0.1) is 33.0 Å². The molecule has 3 N–H and O–H groups in total. The highest BCUT2D eigenvalue weighted by Gasteiger charge is 2.53. The third kappa shape index (κ3) is 6.11. The van der Waals surface area contributed by atoms with Crippen LogP contribution in [0.4, 0.5) is 4.79 Å². The summed E-state index contributed by atoms with van der Waals surface area (Å²) in [6.07, 6.45) is 11.6. The van der Waals surface area contributed by atoms with Gasteiger partial charge in [0.2, 0.25) is 0 Å². The van der Waals surface area contributed by atoms with Crippen LogP contribution < -0.4 is 16.3 Å². The second-order valence-electron chi connectivity index (χ2n) is 11.8. The molecule has 0 aromatic heterocycles. The van der Waals surface area contributed by atoms with E-state index in [9.17, 15) is 4.79 Å². The van der Waals surface area contributed by atoms with Crippen molar-refractivity contribution < 1.29 is 14.3 Å². The second kappa shape index (κ2) is 12.0. The van der Waals surface area contributed by atoms with E-state index in [1.807, 2.05) is 24.4 Å². The van der Waals surface area contributed by atoms with Crippen LogP contribution in [0.1, 0.15) is 31.7 Å². The topological polar surface area (TPSA) is 85.9 Å². The van der Waals surface area contributed by atoms with E-state index in [4.69, 9.17) is 15.2 Å². The average molecular weight is 544 g/mol. The maximum atomic E-state index is 11.3. The van der Waals surface area contributed by atoms with Crippen molar-refractivity contribution in [1.82, 2.24) is 5.43 Å². The fourth-order valence-electron chi connectivity index (χ4n) is 6.84. The lowest BCUT2D eigenvalue weighted by Crippen LogP contribution is -2.47. The minimum Gasteiger partial charge on any atom is -0.371 e. The highest BCUT2D eigenvalue weighted by atomic mass is 28.3. The smallest absolute Gasteiger partial charge is 0.332 e. The minimum absolute atomic E-state index is 0.0673. The van der Waals surface area contributed by atoms with E-state index < -0.39 is 14.1 Å². The third-order valence-electron chi connectivity index (χ3n) is 9.04. The highest BCUT2D eigenvalue weighted by Crippen LogP contribution is 2.51. The molecule has 2 amide bonds. The Morgan fingerprint density at radius 2 is 1.85 bits per heavy atom. The fraction of sp³-hybridized carbons (Fsp3) is 0.438. The van der Waals surface area contributed by atoms with Crippen molar-refractivity contribution in [3.05, 3.63) is 90.0 Å². The summed E-state index contributed by atoms with van der Waals surface area (Å²) < 4.78 is 13.7. The normalized spacial score (nSPS) is 31.5. The Kier molecular flexibility index (Phi) is 8.50. The van der Waals surface area contributed by atoms with Gasteiger partial charge in [-0.25, -0.2) is 10.2 Å². The zero-order valence-corrected chi connectivity index (χ0v) is 24.2. The lowest BCUT2D eigenvalue weighted by Gasteiger charge is -2.38. The number of nitrogens with one attached hydrogen (secondary N) is 1. The Balaban J connectivity index is 1.49. The van der Waals surface area contributed by atoms with Crippen molar-refractivity contribution in [1.29, 1.82) is 0 Å². The van der Waals surface area contributed by atoms with Gasteiger partial charge in [-0.2, -0.15) is 5.10 Å². The number of rotatable bonds is 7. The van der Waals surface area contributed by atoms with Crippen molar-refractivity contribution in [3.8, 4) is 0 Å². The SMILES string of the molecule is CC1=CC[C@H](/C=N/NC(N)=O)[C@H]2[C@@H]3O[C@@H](C[C@H]([Si](C)(C)c4ccccc4)/C=C\C[C@@H]3OCc3ccccc3)[C@@H]12. The number of hydrogen-bond acceptors (Lipinski definition) is 4. The van der Waals surface area contributed by atoms with Gasteiger partial charge in [0.1, 0.15) is 0 Å². The van der Waals surface area contributed by atoms with Crippen molar-refractivity contribution in [2.75, 3.05) is 0 Å². The Bertz CT molecular complexity index is 1210. The quantitative estimate of drug-likeness (QED) is 0.208. The third-order valence-corrected chi connectivity index (χ3v) is 13.1. The molecule has 0 saturated carbocycles. The van der Waals surface area contributed by atoms with Crippen LogP contribution in [0.25, 0.3) is 0 Å². The van der Waals surface area contributed by atoms with Crippen molar-refractivity contribution in [2.24, 2.45) is 28.6 Å². The van der Waals surface area contributed by atoms with Crippen molar-refractivity contribution >= 4 is 25.5 Å². The first-order chi connectivity index (χ1) is 18.8. The number of carbonyl (C=O) groups is 1. The van der Waals surface area contributed by atoms with Crippen LogP contribution in [-0.4, -0.2) is 38.6 Å². The van der Waals surface area contributed by atoms with Crippen LogP contribution >= 0.6 is 0 Å². The lowest BCUT2D eigenvalue weighted by molar-refractivity contribution is -0.0873. The summed E-state index contributed by atoms with van der Waals surface area (Å²) in [4.78, 5) is 11.3. The Morgan fingerprint density at radius 3 is 2.56 bits per heavy atom. The predicted molar refractivity (Wildman–Crippen MR) is 159 cm³/mol. The molecule has 2 aromatic carbocycles. The molecule has 0 spiro atoms. The second-order valence-corrected chi connectivity index (χ2v) is 16.5.